The molecule has 38 heavy (non-hydrogen) atoms. The SMILES string of the molecule is CNC(=O)[C@H](C)N(Cc1cccc(Br)c1)C(=O)CN(c1ccc2c(c1)OCCO2)S(=O)(=O)c1ccccc1. The van der Waals surface area contributed by atoms with E-state index in [1.54, 1.807) is 43.3 Å². The van der Waals surface area contributed by atoms with E-state index in [0.29, 0.717) is 24.7 Å². The van der Waals surface area contributed by atoms with Gasteiger partial charge in [0.1, 0.15) is 25.8 Å². The predicted octanol–water partition coefficient (Wildman–Crippen LogP) is 3.58. The van der Waals surface area contributed by atoms with Gasteiger partial charge in [-0.15, -0.1) is 0 Å². The molecule has 1 atom stereocenters. The summed E-state index contributed by atoms with van der Waals surface area (Å²) in [7, 11) is -2.67. The Balaban J connectivity index is 1.74. The predicted molar refractivity (Wildman–Crippen MR) is 147 cm³/mol. The molecule has 200 valence electrons. The first-order valence-corrected chi connectivity index (χ1v) is 14.2. The van der Waals surface area contributed by atoms with Crippen LogP contribution in [0.2, 0.25) is 0 Å². The second-order valence-corrected chi connectivity index (χ2v) is 11.4. The van der Waals surface area contributed by atoms with Crippen molar-refractivity contribution in [1.29, 1.82) is 0 Å². The van der Waals surface area contributed by atoms with E-state index in [4.69, 9.17) is 9.47 Å². The van der Waals surface area contributed by atoms with Gasteiger partial charge >= 0.3 is 0 Å². The fraction of sp³-hybridized carbons (Fsp3) is 0.259. The Morgan fingerprint density at radius 1 is 0.974 bits per heavy atom. The van der Waals surface area contributed by atoms with Crippen LogP contribution in [0.3, 0.4) is 0 Å². The van der Waals surface area contributed by atoms with Gasteiger partial charge in [-0.05, 0) is 48.9 Å². The molecule has 0 fully saturated rings. The van der Waals surface area contributed by atoms with Crippen LogP contribution in [0.1, 0.15) is 12.5 Å². The molecular weight excluding hydrogens is 574 g/mol. The molecule has 0 bridgehead atoms. The van der Waals surface area contributed by atoms with Crippen LogP contribution in [0, 0.1) is 0 Å². The summed E-state index contributed by atoms with van der Waals surface area (Å²) in [6.45, 7) is 1.89. The summed E-state index contributed by atoms with van der Waals surface area (Å²) in [5.74, 6) is -0.0345. The lowest BCUT2D eigenvalue weighted by molar-refractivity contribution is -0.139. The van der Waals surface area contributed by atoms with Gasteiger partial charge < -0.3 is 19.7 Å². The Labute approximate surface area is 230 Å². The molecule has 0 spiro atoms. The third kappa shape index (κ3) is 6.11. The number of rotatable bonds is 9. The number of halogens is 1. The molecule has 0 saturated heterocycles. The quantitative estimate of drug-likeness (QED) is 0.402. The summed E-state index contributed by atoms with van der Waals surface area (Å²) in [6, 6.07) is 19.1. The zero-order chi connectivity index (χ0) is 27.3. The molecule has 1 N–H and O–H groups in total. The lowest BCUT2D eigenvalue weighted by atomic mass is 10.1. The van der Waals surface area contributed by atoms with Crippen molar-refractivity contribution < 1.29 is 27.5 Å². The number of ether oxygens (including phenoxy) is 2. The van der Waals surface area contributed by atoms with Gasteiger partial charge in [0.25, 0.3) is 10.0 Å². The molecule has 0 saturated carbocycles. The van der Waals surface area contributed by atoms with E-state index in [9.17, 15) is 18.0 Å². The number of benzene rings is 3. The standard InChI is InChI=1S/C27H28BrN3O6S/c1-19(27(33)29-2)30(17-20-7-6-8-21(28)15-20)26(32)18-31(38(34,35)23-9-4-3-5-10-23)22-11-12-24-25(16-22)37-14-13-36-24/h3-12,15-16,19H,13-14,17-18H2,1-2H3,(H,29,33)/t19-/m0/s1. The van der Waals surface area contributed by atoms with Gasteiger partial charge in [-0.3, -0.25) is 13.9 Å². The van der Waals surface area contributed by atoms with Crippen LogP contribution in [0.15, 0.2) is 82.2 Å². The summed E-state index contributed by atoms with van der Waals surface area (Å²) >= 11 is 3.43. The third-order valence-electron chi connectivity index (χ3n) is 6.08. The zero-order valence-electron chi connectivity index (χ0n) is 21.0. The van der Waals surface area contributed by atoms with Gasteiger partial charge in [0.2, 0.25) is 11.8 Å². The Morgan fingerprint density at radius 2 is 1.68 bits per heavy atom. The largest absolute Gasteiger partial charge is 0.486 e. The summed E-state index contributed by atoms with van der Waals surface area (Å²) in [5, 5.41) is 2.57. The topological polar surface area (TPSA) is 105 Å². The van der Waals surface area contributed by atoms with Crippen LogP contribution in [0.5, 0.6) is 11.5 Å². The summed E-state index contributed by atoms with van der Waals surface area (Å²) in [5.41, 5.74) is 1.02. The van der Waals surface area contributed by atoms with E-state index in [0.717, 1.165) is 14.3 Å². The van der Waals surface area contributed by atoms with Crippen molar-refractivity contribution >= 4 is 43.5 Å². The molecule has 4 rings (SSSR count). The monoisotopic (exact) mass is 601 g/mol. The minimum Gasteiger partial charge on any atom is -0.486 e. The van der Waals surface area contributed by atoms with Gasteiger partial charge in [0.15, 0.2) is 11.5 Å². The highest BCUT2D eigenvalue weighted by Crippen LogP contribution is 2.36. The van der Waals surface area contributed by atoms with Crippen molar-refractivity contribution in [2.45, 2.75) is 24.4 Å². The van der Waals surface area contributed by atoms with Crippen LogP contribution in [0.25, 0.3) is 0 Å². The Hall–Kier alpha value is -3.57. The number of fused-ring (bicyclic) bond motifs is 1. The number of amides is 2. The number of nitrogens with zero attached hydrogens (tertiary/aromatic N) is 2. The summed E-state index contributed by atoms with van der Waals surface area (Å²) < 4.78 is 40.7. The van der Waals surface area contributed by atoms with Crippen molar-refractivity contribution in [2.24, 2.45) is 0 Å². The van der Waals surface area contributed by atoms with Gasteiger partial charge in [-0.2, -0.15) is 0 Å². The molecule has 0 aromatic heterocycles. The number of carbonyl (C=O) groups is 2. The van der Waals surface area contributed by atoms with E-state index >= 15 is 0 Å². The molecule has 0 aliphatic carbocycles. The van der Waals surface area contributed by atoms with Gasteiger partial charge in [0, 0.05) is 24.1 Å². The maximum absolute atomic E-state index is 13.8. The maximum atomic E-state index is 13.8. The lowest BCUT2D eigenvalue weighted by Gasteiger charge is -2.32. The molecule has 2 amide bonds. The highest BCUT2D eigenvalue weighted by atomic mass is 79.9. The first kappa shape index (κ1) is 27.5. The highest BCUT2D eigenvalue weighted by molar-refractivity contribution is 9.10. The van der Waals surface area contributed by atoms with Crippen LogP contribution in [0.4, 0.5) is 5.69 Å². The molecule has 11 heteroatoms. The first-order chi connectivity index (χ1) is 18.2. The molecule has 3 aromatic rings. The first-order valence-electron chi connectivity index (χ1n) is 11.9. The summed E-state index contributed by atoms with van der Waals surface area (Å²) in [6.07, 6.45) is 0. The normalized spacial score (nSPS) is 13.3. The average molecular weight is 603 g/mol. The van der Waals surface area contributed by atoms with Crippen LogP contribution in [-0.4, -0.2) is 58.0 Å². The van der Waals surface area contributed by atoms with Crippen LogP contribution >= 0.6 is 15.9 Å². The number of hydrogen-bond acceptors (Lipinski definition) is 6. The Bertz CT molecular complexity index is 1420. The minimum atomic E-state index is -4.16. The molecular formula is C27H28BrN3O6S. The maximum Gasteiger partial charge on any atom is 0.264 e. The third-order valence-corrected chi connectivity index (χ3v) is 8.36. The Kier molecular flexibility index (Phi) is 8.58. The van der Waals surface area contributed by atoms with Gasteiger partial charge in [-0.25, -0.2) is 8.42 Å². The van der Waals surface area contributed by atoms with E-state index < -0.39 is 28.5 Å². The van der Waals surface area contributed by atoms with E-state index in [-0.39, 0.29) is 23.0 Å². The summed E-state index contributed by atoms with van der Waals surface area (Å²) in [4.78, 5) is 27.8. The minimum absolute atomic E-state index is 0.0283. The fourth-order valence-electron chi connectivity index (χ4n) is 4.06. The Morgan fingerprint density at radius 3 is 2.37 bits per heavy atom. The smallest absolute Gasteiger partial charge is 0.264 e. The van der Waals surface area contributed by atoms with Gasteiger partial charge in [0.05, 0.1) is 10.6 Å². The molecule has 3 aromatic carbocycles. The number of hydrogen-bond donors (Lipinski definition) is 1. The fourth-order valence-corrected chi connectivity index (χ4v) is 5.93. The number of carbonyl (C=O) groups excluding carboxylic acids is 2. The molecule has 0 radical (unpaired) electrons. The zero-order valence-corrected chi connectivity index (χ0v) is 23.4. The number of sulfonamides is 1. The van der Waals surface area contributed by atoms with E-state index in [1.165, 1.54) is 24.1 Å². The second kappa shape index (κ2) is 11.9. The molecule has 1 aliphatic heterocycles. The van der Waals surface area contributed by atoms with Crippen molar-refractivity contribution in [2.75, 3.05) is 31.1 Å². The number of anilines is 1. The number of likely N-dealkylation sites (N-methyl/N-ethyl adjacent to an activating group) is 1. The van der Waals surface area contributed by atoms with Crippen LogP contribution in [-0.2, 0) is 26.2 Å². The van der Waals surface area contributed by atoms with E-state index in [2.05, 4.69) is 21.2 Å². The molecule has 1 heterocycles. The van der Waals surface area contributed by atoms with Crippen molar-refractivity contribution in [3.8, 4) is 11.5 Å². The highest BCUT2D eigenvalue weighted by Gasteiger charge is 2.33. The molecule has 1 aliphatic rings. The van der Waals surface area contributed by atoms with Gasteiger partial charge in [-0.1, -0.05) is 46.3 Å². The van der Waals surface area contributed by atoms with Crippen LogP contribution < -0.4 is 19.1 Å². The van der Waals surface area contributed by atoms with Crippen molar-refractivity contribution in [3.05, 3.63) is 82.8 Å². The van der Waals surface area contributed by atoms with Crippen molar-refractivity contribution in [1.82, 2.24) is 10.2 Å². The average Bonchev–Trinajstić information content (AvgIpc) is 2.93. The molecule has 9 nitrogen and oxygen atoms in total. The molecule has 0 unspecified atom stereocenters. The second-order valence-electron chi connectivity index (χ2n) is 8.59. The lowest BCUT2D eigenvalue weighted by Crippen LogP contribution is -2.50. The van der Waals surface area contributed by atoms with E-state index in [1.807, 2.05) is 24.3 Å². The number of nitrogens with one attached hydrogen (secondary N) is 1. The van der Waals surface area contributed by atoms with Crippen molar-refractivity contribution in [3.63, 3.8) is 0 Å².